The van der Waals surface area contributed by atoms with Crippen molar-refractivity contribution < 1.29 is 4.74 Å². The predicted molar refractivity (Wildman–Crippen MR) is 73.7 cm³/mol. The molecule has 0 unspecified atom stereocenters. The fraction of sp³-hybridized carbons (Fsp3) is 0.200. The number of aromatic nitrogens is 2. The molecular formula is C10H8Cl2N2OS2. The molecule has 2 aromatic rings. The molecule has 90 valence electrons. The summed E-state index contributed by atoms with van der Waals surface area (Å²) in [5, 5.41) is 9.84. The monoisotopic (exact) mass is 306 g/mol. The number of benzene rings is 1. The average molecular weight is 307 g/mol. The summed E-state index contributed by atoms with van der Waals surface area (Å²) in [7, 11) is 1.53. The lowest BCUT2D eigenvalue weighted by Gasteiger charge is -2.06. The summed E-state index contributed by atoms with van der Waals surface area (Å²) < 4.78 is 6.00. The lowest BCUT2D eigenvalue weighted by Crippen LogP contribution is -1.87. The second kappa shape index (κ2) is 5.44. The molecule has 7 heteroatoms. The fourth-order valence-corrected chi connectivity index (χ4v) is 3.19. The summed E-state index contributed by atoms with van der Waals surface area (Å²) in [4.78, 5) is 0. The molecule has 17 heavy (non-hydrogen) atoms. The number of nitrogens with zero attached hydrogens (tertiary/aromatic N) is 2. The van der Waals surface area contributed by atoms with E-state index in [2.05, 4.69) is 10.2 Å². The standard InChI is InChI=1S/C10H8Cl2N2OS2/c1-15-8-6(11)3-5(4-7(8)12)9-13-14-10(16-2)17-9/h3-4H,1-2H3. The first-order valence-corrected chi connectivity index (χ1v) is 7.36. The van der Waals surface area contributed by atoms with E-state index < -0.39 is 0 Å². The van der Waals surface area contributed by atoms with Crippen LogP contribution in [0.3, 0.4) is 0 Å². The molecule has 3 nitrogen and oxygen atoms in total. The van der Waals surface area contributed by atoms with Gasteiger partial charge in [-0.05, 0) is 18.4 Å². The molecule has 0 atom stereocenters. The maximum Gasteiger partial charge on any atom is 0.174 e. The van der Waals surface area contributed by atoms with Gasteiger partial charge in [-0.25, -0.2) is 0 Å². The minimum Gasteiger partial charge on any atom is -0.494 e. The quantitative estimate of drug-likeness (QED) is 0.794. The van der Waals surface area contributed by atoms with Crippen LogP contribution in [0.25, 0.3) is 10.6 Å². The topological polar surface area (TPSA) is 35.0 Å². The Balaban J connectivity index is 2.46. The summed E-state index contributed by atoms with van der Waals surface area (Å²) in [6.45, 7) is 0. The SMILES string of the molecule is COc1c(Cl)cc(-c2nnc(SC)s2)cc1Cl. The summed E-state index contributed by atoms with van der Waals surface area (Å²) in [6, 6.07) is 3.55. The minimum absolute atomic E-state index is 0.468. The van der Waals surface area contributed by atoms with Gasteiger partial charge in [-0.1, -0.05) is 46.3 Å². The molecule has 1 aromatic heterocycles. The van der Waals surface area contributed by atoms with Gasteiger partial charge in [-0.2, -0.15) is 0 Å². The predicted octanol–water partition coefficient (Wildman–Crippen LogP) is 4.24. The Morgan fingerprint density at radius 2 is 1.88 bits per heavy atom. The van der Waals surface area contributed by atoms with Gasteiger partial charge < -0.3 is 4.74 Å². The van der Waals surface area contributed by atoms with Crippen molar-refractivity contribution in [1.82, 2.24) is 10.2 Å². The van der Waals surface area contributed by atoms with Crippen molar-refractivity contribution >= 4 is 46.3 Å². The molecule has 0 aliphatic rings. The van der Waals surface area contributed by atoms with Gasteiger partial charge in [-0.3, -0.25) is 0 Å². The largest absolute Gasteiger partial charge is 0.494 e. The second-order valence-corrected chi connectivity index (χ2v) is 5.90. The maximum absolute atomic E-state index is 6.07. The molecule has 0 saturated heterocycles. The Morgan fingerprint density at radius 1 is 1.24 bits per heavy atom. The Hall–Kier alpha value is -0.490. The van der Waals surface area contributed by atoms with Crippen LogP contribution in [0.4, 0.5) is 0 Å². The zero-order chi connectivity index (χ0) is 12.4. The molecule has 0 fully saturated rings. The van der Waals surface area contributed by atoms with Crippen molar-refractivity contribution in [3.63, 3.8) is 0 Å². The van der Waals surface area contributed by atoms with E-state index in [9.17, 15) is 0 Å². The van der Waals surface area contributed by atoms with Crippen LogP contribution >= 0.6 is 46.3 Å². The van der Waals surface area contributed by atoms with Crippen molar-refractivity contribution in [2.24, 2.45) is 0 Å². The first-order chi connectivity index (χ1) is 8.15. The van der Waals surface area contributed by atoms with Gasteiger partial charge in [0, 0.05) is 5.56 Å². The molecular weight excluding hydrogens is 299 g/mol. The molecule has 1 aromatic carbocycles. The molecule has 0 N–H and O–H groups in total. The third-order valence-electron chi connectivity index (χ3n) is 2.03. The fourth-order valence-electron chi connectivity index (χ4n) is 1.29. The van der Waals surface area contributed by atoms with Crippen LogP contribution < -0.4 is 4.74 Å². The van der Waals surface area contributed by atoms with E-state index in [0.717, 1.165) is 14.9 Å². The Morgan fingerprint density at radius 3 is 2.35 bits per heavy atom. The van der Waals surface area contributed by atoms with E-state index in [4.69, 9.17) is 27.9 Å². The van der Waals surface area contributed by atoms with Gasteiger partial charge in [-0.15, -0.1) is 10.2 Å². The van der Waals surface area contributed by atoms with Crippen LogP contribution in [0.5, 0.6) is 5.75 Å². The molecule has 0 saturated carbocycles. The summed E-state index contributed by atoms with van der Waals surface area (Å²) in [5.74, 6) is 0.478. The number of hydrogen-bond donors (Lipinski definition) is 0. The molecule has 0 amide bonds. The van der Waals surface area contributed by atoms with Crippen molar-refractivity contribution in [2.45, 2.75) is 4.34 Å². The Bertz CT molecular complexity index is 522. The van der Waals surface area contributed by atoms with Gasteiger partial charge in [0.2, 0.25) is 0 Å². The van der Waals surface area contributed by atoms with Crippen LogP contribution in [0.1, 0.15) is 0 Å². The first-order valence-electron chi connectivity index (χ1n) is 4.56. The highest BCUT2D eigenvalue weighted by Crippen LogP contribution is 2.38. The van der Waals surface area contributed by atoms with E-state index in [1.807, 2.05) is 6.26 Å². The summed E-state index contributed by atoms with van der Waals surface area (Å²) in [5.41, 5.74) is 0.846. The minimum atomic E-state index is 0.468. The number of rotatable bonds is 3. The Labute approximate surface area is 117 Å². The Kier molecular flexibility index (Phi) is 4.14. The third kappa shape index (κ3) is 2.68. The molecule has 0 bridgehead atoms. The van der Waals surface area contributed by atoms with Gasteiger partial charge in [0.1, 0.15) is 5.01 Å². The molecule has 0 spiro atoms. The smallest absolute Gasteiger partial charge is 0.174 e. The van der Waals surface area contributed by atoms with Gasteiger partial charge >= 0.3 is 0 Å². The van der Waals surface area contributed by atoms with E-state index in [1.54, 1.807) is 23.9 Å². The van der Waals surface area contributed by atoms with E-state index >= 15 is 0 Å². The lowest BCUT2D eigenvalue weighted by molar-refractivity contribution is 0.415. The molecule has 0 aliphatic carbocycles. The zero-order valence-electron chi connectivity index (χ0n) is 9.03. The molecule has 1 heterocycles. The van der Waals surface area contributed by atoms with Crippen molar-refractivity contribution in [1.29, 1.82) is 0 Å². The summed E-state index contributed by atoms with van der Waals surface area (Å²) >= 11 is 15.2. The zero-order valence-corrected chi connectivity index (χ0v) is 12.2. The van der Waals surface area contributed by atoms with Crippen LogP contribution in [-0.2, 0) is 0 Å². The van der Waals surface area contributed by atoms with E-state index in [0.29, 0.717) is 15.8 Å². The van der Waals surface area contributed by atoms with E-state index in [-0.39, 0.29) is 0 Å². The first kappa shape index (κ1) is 13.0. The number of halogens is 2. The van der Waals surface area contributed by atoms with Crippen LogP contribution in [0.15, 0.2) is 16.5 Å². The van der Waals surface area contributed by atoms with Gasteiger partial charge in [0.15, 0.2) is 10.1 Å². The molecule has 0 aliphatic heterocycles. The van der Waals surface area contributed by atoms with E-state index in [1.165, 1.54) is 18.4 Å². The highest BCUT2D eigenvalue weighted by molar-refractivity contribution is 8.00. The average Bonchev–Trinajstić information content (AvgIpc) is 2.77. The van der Waals surface area contributed by atoms with Crippen LogP contribution in [0.2, 0.25) is 10.0 Å². The van der Waals surface area contributed by atoms with Crippen LogP contribution in [-0.4, -0.2) is 23.6 Å². The number of hydrogen-bond acceptors (Lipinski definition) is 5. The van der Waals surface area contributed by atoms with Gasteiger partial charge in [0.05, 0.1) is 17.2 Å². The van der Waals surface area contributed by atoms with Crippen LogP contribution in [0, 0.1) is 0 Å². The van der Waals surface area contributed by atoms with Gasteiger partial charge in [0.25, 0.3) is 0 Å². The maximum atomic E-state index is 6.07. The number of ether oxygens (including phenoxy) is 1. The van der Waals surface area contributed by atoms with Crippen molar-refractivity contribution in [3.05, 3.63) is 22.2 Å². The number of thioether (sulfide) groups is 1. The molecule has 2 rings (SSSR count). The second-order valence-electron chi connectivity index (χ2n) is 3.05. The summed E-state index contributed by atoms with van der Waals surface area (Å²) in [6.07, 6.45) is 1.96. The van der Waals surface area contributed by atoms with Crippen molar-refractivity contribution in [3.8, 4) is 16.3 Å². The highest BCUT2D eigenvalue weighted by Gasteiger charge is 2.12. The number of methoxy groups -OCH3 is 1. The highest BCUT2D eigenvalue weighted by atomic mass is 35.5. The normalized spacial score (nSPS) is 10.6. The van der Waals surface area contributed by atoms with Crippen molar-refractivity contribution in [2.75, 3.05) is 13.4 Å². The third-order valence-corrected chi connectivity index (χ3v) is 4.54. The molecule has 0 radical (unpaired) electrons. The lowest BCUT2D eigenvalue weighted by atomic mass is 10.2.